The molecule has 0 aromatic heterocycles. The second-order valence-corrected chi connectivity index (χ2v) is 3.52. The molecule has 1 saturated heterocycles. The fourth-order valence-corrected chi connectivity index (χ4v) is 1.57. The molecule has 1 atom stereocenters. The summed E-state index contributed by atoms with van der Waals surface area (Å²) in [5.74, 6) is 0.772. The Hall–Kier alpha value is 0.110. The van der Waals surface area contributed by atoms with Crippen LogP contribution in [-0.2, 0) is 9.53 Å². The third kappa shape index (κ3) is 3.34. The molecule has 2 nitrogen and oxygen atoms in total. The van der Waals surface area contributed by atoms with Crippen molar-refractivity contribution in [2.75, 3.05) is 18.5 Å². The molecule has 1 unspecified atom stereocenters. The van der Waals surface area contributed by atoms with Gasteiger partial charge in [-0.2, -0.15) is 0 Å². The van der Waals surface area contributed by atoms with E-state index in [1.165, 1.54) is 0 Å². The Labute approximate surface area is 75.4 Å². The van der Waals surface area contributed by atoms with Crippen LogP contribution < -0.4 is 0 Å². The van der Waals surface area contributed by atoms with E-state index in [9.17, 15) is 4.79 Å². The maximum absolute atomic E-state index is 11.0. The molecule has 0 aromatic rings. The van der Waals surface area contributed by atoms with Gasteiger partial charge in [-0.05, 0) is 18.8 Å². The van der Waals surface area contributed by atoms with Crippen LogP contribution in [0.2, 0.25) is 0 Å². The lowest BCUT2D eigenvalue weighted by molar-refractivity contribution is -0.118. The third-order valence-electron chi connectivity index (χ3n) is 1.92. The van der Waals surface area contributed by atoms with Crippen LogP contribution >= 0.6 is 15.9 Å². The Morgan fingerprint density at radius 1 is 1.64 bits per heavy atom. The molecule has 1 fully saturated rings. The molecule has 0 aromatic carbocycles. The summed E-state index contributed by atoms with van der Waals surface area (Å²) in [5.41, 5.74) is 0. The lowest BCUT2D eigenvalue weighted by atomic mass is 9.97. The van der Waals surface area contributed by atoms with Gasteiger partial charge >= 0.3 is 0 Å². The number of alkyl halides is 1. The highest BCUT2D eigenvalue weighted by Gasteiger charge is 2.16. The second-order valence-electron chi connectivity index (χ2n) is 2.96. The van der Waals surface area contributed by atoms with Crippen LogP contribution in [0.25, 0.3) is 0 Å². The van der Waals surface area contributed by atoms with E-state index in [1.807, 2.05) is 0 Å². The molecule has 1 heterocycles. The summed E-state index contributed by atoms with van der Waals surface area (Å²) in [7, 11) is 0. The smallest absolute Gasteiger partial charge is 0.143 e. The van der Waals surface area contributed by atoms with Crippen molar-refractivity contribution in [3.63, 3.8) is 0 Å². The number of hydrogen-bond donors (Lipinski definition) is 0. The monoisotopic (exact) mass is 220 g/mol. The molecular weight excluding hydrogens is 208 g/mol. The summed E-state index contributed by atoms with van der Waals surface area (Å²) in [6.45, 7) is 1.65. The number of ketones is 1. The zero-order valence-corrected chi connectivity index (χ0v) is 8.10. The SMILES string of the molecule is O=C(CBr)CC1CCCOC1. The van der Waals surface area contributed by atoms with Crippen LogP contribution in [0.1, 0.15) is 19.3 Å². The number of halogens is 1. The number of rotatable bonds is 3. The molecule has 0 amide bonds. The molecule has 0 saturated carbocycles. The van der Waals surface area contributed by atoms with E-state index in [0.29, 0.717) is 23.5 Å². The molecule has 1 aliphatic rings. The van der Waals surface area contributed by atoms with Crippen molar-refractivity contribution >= 4 is 21.7 Å². The van der Waals surface area contributed by atoms with Gasteiger partial charge in [-0.15, -0.1) is 0 Å². The van der Waals surface area contributed by atoms with Gasteiger partial charge in [0.25, 0.3) is 0 Å². The Balaban J connectivity index is 2.19. The molecule has 1 aliphatic heterocycles. The topological polar surface area (TPSA) is 26.3 Å². The molecular formula is C8H13BrO2. The molecule has 0 bridgehead atoms. The quantitative estimate of drug-likeness (QED) is 0.679. The Kier molecular flexibility index (Phi) is 4.08. The number of Topliss-reactive ketones (excluding diaryl/α,β-unsaturated/α-hetero) is 1. The summed E-state index contributed by atoms with van der Waals surface area (Å²) in [5, 5.41) is 0.490. The predicted molar refractivity (Wildman–Crippen MR) is 47.0 cm³/mol. The van der Waals surface area contributed by atoms with Gasteiger partial charge in [0.1, 0.15) is 5.78 Å². The van der Waals surface area contributed by atoms with Crippen molar-refractivity contribution in [3.8, 4) is 0 Å². The Morgan fingerprint density at radius 3 is 3.00 bits per heavy atom. The summed E-state index contributed by atoms with van der Waals surface area (Å²) in [6, 6.07) is 0. The van der Waals surface area contributed by atoms with Gasteiger partial charge < -0.3 is 4.74 Å². The third-order valence-corrected chi connectivity index (χ3v) is 2.55. The van der Waals surface area contributed by atoms with Crippen molar-refractivity contribution in [3.05, 3.63) is 0 Å². The van der Waals surface area contributed by atoms with E-state index in [0.717, 1.165) is 26.1 Å². The van der Waals surface area contributed by atoms with Crippen LogP contribution in [0.5, 0.6) is 0 Å². The lowest BCUT2D eigenvalue weighted by Gasteiger charge is -2.20. The number of carbonyl (C=O) groups is 1. The predicted octanol–water partition coefficient (Wildman–Crippen LogP) is 1.77. The first-order chi connectivity index (χ1) is 5.33. The standard InChI is InChI=1S/C8H13BrO2/c9-5-8(10)4-7-2-1-3-11-6-7/h7H,1-6H2. The van der Waals surface area contributed by atoms with Gasteiger partial charge in [-0.3, -0.25) is 4.79 Å². The van der Waals surface area contributed by atoms with Crippen LogP contribution in [0.15, 0.2) is 0 Å². The Bertz CT molecular complexity index is 130. The van der Waals surface area contributed by atoms with Crippen LogP contribution in [0.3, 0.4) is 0 Å². The summed E-state index contributed by atoms with van der Waals surface area (Å²) in [4.78, 5) is 11.0. The largest absolute Gasteiger partial charge is 0.381 e. The maximum Gasteiger partial charge on any atom is 0.143 e. The lowest BCUT2D eigenvalue weighted by Crippen LogP contribution is -2.20. The Morgan fingerprint density at radius 2 is 2.45 bits per heavy atom. The minimum absolute atomic E-state index is 0.292. The van der Waals surface area contributed by atoms with E-state index >= 15 is 0 Å². The van der Waals surface area contributed by atoms with E-state index in [-0.39, 0.29) is 0 Å². The van der Waals surface area contributed by atoms with E-state index in [1.54, 1.807) is 0 Å². The average molecular weight is 221 g/mol. The van der Waals surface area contributed by atoms with Crippen molar-refractivity contribution < 1.29 is 9.53 Å². The zero-order valence-electron chi connectivity index (χ0n) is 6.51. The minimum atomic E-state index is 0.292. The van der Waals surface area contributed by atoms with Gasteiger partial charge in [0.05, 0.1) is 5.33 Å². The number of ether oxygens (including phenoxy) is 1. The van der Waals surface area contributed by atoms with Crippen LogP contribution in [0, 0.1) is 5.92 Å². The minimum Gasteiger partial charge on any atom is -0.381 e. The fourth-order valence-electron chi connectivity index (χ4n) is 1.34. The van der Waals surface area contributed by atoms with E-state index in [2.05, 4.69) is 15.9 Å². The average Bonchev–Trinajstić information content (AvgIpc) is 2.06. The second kappa shape index (κ2) is 4.88. The first kappa shape index (κ1) is 9.20. The van der Waals surface area contributed by atoms with Crippen LogP contribution in [-0.4, -0.2) is 24.3 Å². The van der Waals surface area contributed by atoms with Gasteiger partial charge in [-0.25, -0.2) is 0 Å². The molecule has 3 heteroatoms. The first-order valence-electron chi connectivity index (χ1n) is 3.98. The van der Waals surface area contributed by atoms with E-state index < -0.39 is 0 Å². The normalized spacial score (nSPS) is 25.0. The highest BCUT2D eigenvalue weighted by molar-refractivity contribution is 9.09. The molecule has 11 heavy (non-hydrogen) atoms. The van der Waals surface area contributed by atoms with Crippen molar-refractivity contribution in [1.29, 1.82) is 0 Å². The van der Waals surface area contributed by atoms with E-state index in [4.69, 9.17) is 4.74 Å². The molecule has 0 spiro atoms. The highest BCUT2D eigenvalue weighted by Crippen LogP contribution is 2.17. The van der Waals surface area contributed by atoms with Crippen molar-refractivity contribution in [1.82, 2.24) is 0 Å². The van der Waals surface area contributed by atoms with Crippen molar-refractivity contribution in [2.24, 2.45) is 5.92 Å². The number of carbonyl (C=O) groups excluding carboxylic acids is 1. The van der Waals surface area contributed by atoms with Gasteiger partial charge in [0, 0.05) is 19.6 Å². The van der Waals surface area contributed by atoms with Gasteiger partial charge in [-0.1, -0.05) is 15.9 Å². The molecule has 64 valence electrons. The molecule has 1 rings (SSSR count). The number of hydrogen-bond acceptors (Lipinski definition) is 2. The van der Waals surface area contributed by atoms with Gasteiger partial charge in [0.15, 0.2) is 0 Å². The fraction of sp³-hybridized carbons (Fsp3) is 0.875. The molecule has 0 radical (unpaired) electrons. The summed E-state index contributed by atoms with van der Waals surface area (Å²) in [6.07, 6.45) is 2.95. The maximum atomic E-state index is 11.0. The summed E-state index contributed by atoms with van der Waals surface area (Å²) >= 11 is 3.15. The zero-order chi connectivity index (χ0) is 8.10. The van der Waals surface area contributed by atoms with Crippen LogP contribution in [0.4, 0.5) is 0 Å². The molecule has 0 aliphatic carbocycles. The summed E-state index contributed by atoms with van der Waals surface area (Å²) < 4.78 is 5.26. The van der Waals surface area contributed by atoms with Crippen molar-refractivity contribution in [2.45, 2.75) is 19.3 Å². The van der Waals surface area contributed by atoms with Gasteiger partial charge in [0.2, 0.25) is 0 Å². The molecule has 0 N–H and O–H groups in total. The highest BCUT2D eigenvalue weighted by atomic mass is 79.9. The first-order valence-corrected chi connectivity index (χ1v) is 5.10.